The maximum atomic E-state index is 11.8. The Labute approximate surface area is 349 Å². The molecule has 4 unspecified atom stereocenters. The average molecular weight is 867 g/mol. The second-order valence-electron chi connectivity index (χ2n) is 16.7. The molecule has 2 saturated heterocycles. The molecule has 4 fully saturated rings. The van der Waals surface area contributed by atoms with Gasteiger partial charge in [0.25, 0.3) is 8.68 Å². The van der Waals surface area contributed by atoms with Gasteiger partial charge in [0.1, 0.15) is 0 Å². The van der Waals surface area contributed by atoms with Crippen LogP contribution in [0.25, 0.3) is 0 Å². The molecule has 14 atom stereocenters. The van der Waals surface area contributed by atoms with Crippen LogP contribution < -0.4 is 0 Å². The maximum absolute atomic E-state index is 11.8. The van der Waals surface area contributed by atoms with Crippen molar-refractivity contribution in [2.24, 2.45) is 35.0 Å². The molecule has 306 valence electrons. The number of allylic oxidation sites excluding steroid dienone is 3. The zero-order valence-corrected chi connectivity index (χ0v) is 39.0. The van der Waals surface area contributed by atoms with Gasteiger partial charge in [-0.15, -0.1) is 0 Å². The molecule has 1 N–H and O–H groups in total. The summed E-state index contributed by atoms with van der Waals surface area (Å²) >= 11 is 0. The number of aliphatic hydroxyl groups is 1. The van der Waals surface area contributed by atoms with E-state index < -0.39 is 14.8 Å². The van der Waals surface area contributed by atoms with E-state index in [0.717, 1.165) is 45.8 Å². The molecular formula is C42H60B2O8P4Si. The van der Waals surface area contributed by atoms with Crippen LogP contribution in [0, 0.1) is 35.0 Å². The summed E-state index contributed by atoms with van der Waals surface area (Å²) in [4.78, 5) is 23.4. The second kappa shape index (κ2) is 24.5. The van der Waals surface area contributed by atoms with Crippen LogP contribution in [0.3, 0.4) is 0 Å². The van der Waals surface area contributed by atoms with Crippen molar-refractivity contribution < 1.29 is 38.0 Å². The topological polar surface area (TPSA) is 124 Å². The first-order valence-corrected chi connectivity index (χ1v) is 28.9. The predicted molar refractivity (Wildman–Crippen MR) is 241 cm³/mol. The summed E-state index contributed by atoms with van der Waals surface area (Å²) in [6, 6.07) is 20.8. The summed E-state index contributed by atoms with van der Waals surface area (Å²) in [6.45, 7) is 12.4. The van der Waals surface area contributed by atoms with E-state index in [1.807, 2.05) is 24.3 Å². The number of ether oxygens (including phenoxy) is 2. The van der Waals surface area contributed by atoms with Gasteiger partial charge in [-0.25, -0.2) is 0 Å². The third kappa shape index (κ3) is 16.0. The van der Waals surface area contributed by atoms with Gasteiger partial charge in [-0.3, -0.25) is 0 Å². The van der Waals surface area contributed by atoms with Gasteiger partial charge in [-0.05, 0) is 13.1 Å². The molecule has 2 aromatic rings. The van der Waals surface area contributed by atoms with Crippen LogP contribution in [-0.2, 0) is 45.8 Å². The third-order valence-corrected chi connectivity index (χ3v) is 17.7. The fourth-order valence-corrected chi connectivity index (χ4v) is 14.3. The number of carbonyl (C=O) groups is 2. The van der Waals surface area contributed by atoms with Crippen molar-refractivity contribution in [3.05, 3.63) is 96.1 Å². The van der Waals surface area contributed by atoms with Crippen molar-refractivity contribution in [1.29, 1.82) is 0 Å². The van der Waals surface area contributed by atoms with Crippen molar-refractivity contribution in [3.63, 3.8) is 0 Å². The van der Waals surface area contributed by atoms with Crippen molar-refractivity contribution in [1.82, 2.24) is 0 Å². The standard InChI is InChI=1S/C22H31BO3P2.C18H23BO4P2.C2H6OSi/c1-22(2,3)16(10-9-15-7-5-4-6-8-15)11-12-17-18-13-21(24)26-19(18)14-20(17)27-28-23-25;20-13(7-6-12-4-2-1-3-5-12)8-9-14-15-10-18(21)23-16(15)11-17(14)24-25-19-22;1-4(2)3/h4-8,11-12,16-20,27-28H,9-10,13-14H2,1-3H3;1-5,8-9,13-17,20,24-25H,6-7,10-11H2;1-2H3/b12-11+;9-8+;/t16-,17-,18-,19+,20-;13-,14-,15-,16+,17-;/m11./s1. The summed E-state index contributed by atoms with van der Waals surface area (Å²) in [5.41, 5.74) is 3.67. The second-order valence-corrected chi connectivity index (χ2v) is 25.1. The zero-order chi connectivity index (χ0) is 41.4. The molecule has 0 aromatic heterocycles. The van der Waals surface area contributed by atoms with E-state index in [1.165, 1.54) is 11.1 Å². The Bertz CT molecular complexity index is 1660. The number of hydrogen-bond acceptors (Lipinski definition) is 8. The van der Waals surface area contributed by atoms with Crippen molar-refractivity contribution in [2.45, 2.75) is 115 Å². The molecule has 0 radical (unpaired) electrons. The quantitative estimate of drug-likeness (QED) is 0.0768. The van der Waals surface area contributed by atoms with Crippen molar-refractivity contribution >= 4 is 67.2 Å². The number of fused-ring (bicyclic) bond motifs is 2. The molecule has 4 aliphatic rings. The zero-order valence-electron chi connectivity index (χ0n) is 34.0. The molecule has 2 aromatic carbocycles. The first-order valence-electron chi connectivity index (χ1n) is 20.2. The molecule has 0 spiro atoms. The van der Waals surface area contributed by atoms with E-state index in [-0.39, 0.29) is 41.4 Å². The first kappa shape index (κ1) is 48.0. The molecule has 2 aliphatic heterocycles. The molecule has 2 aliphatic carbocycles. The van der Waals surface area contributed by atoms with Crippen molar-refractivity contribution in [2.75, 3.05) is 0 Å². The molecule has 57 heavy (non-hydrogen) atoms. The molecular weight excluding hydrogens is 806 g/mol. The fourth-order valence-electron chi connectivity index (χ4n) is 8.39. The number of aliphatic hydroxyl groups excluding tert-OH is 1. The van der Waals surface area contributed by atoms with Gasteiger partial charge < -0.3 is 4.46 Å². The number of rotatable bonds is 16. The minimum atomic E-state index is -1.13. The van der Waals surface area contributed by atoms with Crippen LogP contribution in [0.5, 0.6) is 0 Å². The number of esters is 2. The van der Waals surface area contributed by atoms with Gasteiger partial charge in [0.15, 0.2) is 0 Å². The fraction of sp³-hybridized carbons (Fsp3) is 0.571. The van der Waals surface area contributed by atoms with E-state index in [1.54, 1.807) is 13.1 Å². The van der Waals surface area contributed by atoms with Gasteiger partial charge in [-0.2, -0.15) is 0 Å². The van der Waals surface area contributed by atoms with Crippen LogP contribution in [0.15, 0.2) is 85.0 Å². The summed E-state index contributed by atoms with van der Waals surface area (Å²) < 4.78 is 42.2. The van der Waals surface area contributed by atoms with Crippen LogP contribution in [0.4, 0.5) is 0 Å². The molecule has 6 rings (SSSR count). The van der Waals surface area contributed by atoms with Crippen LogP contribution in [-0.4, -0.2) is 69.1 Å². The normalized spacial score (nSPS) is 28.0. The number of hydrogen-bond donors (Lipinski definition) is 1. The van der Waals surface area contributed by atoms with Gasteiger partial charge in [0.05, 0.1) is 0 Å². The van der Waals surface area contributed by atoms with E-state index in [9.17, 15) is 28.6 Å². The van der Waals surface area contributed by atoms with Crippen LogP contribution in [0.2, 0.25) is 13.1 Å². The molecule has 8 nitrogen and oxygen atoms in total. The Morgan fingerprint density at radius 1 is 0.754 bits per heavy atom. The average Bonchev–Trinajstić information content (AvgIpc) is 3.90. The Morgan fingerprint density at radius 3 is 1.60 bits per heavy atom. The molecule has 0 amide bonds. The minimum absolute atomic E-state index is 0.00226. The van der Waals surface area contributed by atoms with Gasteiger partial charge >= 0.3 is 313 Å². The summed E-state index contributed by atoms with van der Waals surface area (Å²) in [5, 5.41) is 10.3. The van der Waals surface area contributed by atoms with Crippen LogP contribution in [0.1, 0.15) is 70.4 Å². The Balaban J connectivity index is 0.000000232. The third-order valence-electron chi connectivity index (χ3n) is 11.3. The van der Waals surface area contributed by atoms with E-state index >= 15 is 0 Å². The Kier molecular flexibility index (Phi) is 20.6. The Morgan fingerprint density at radius 2 is 1.18 bits per heavy atom. The predicted octanol–water partition coefficient (Wildman–Crippen LogP) is 9.16. The van der Waals surface area contributed by atoms with E-state index in [4.69, 9.17) is 9.47 Å². The number of aryl methyl sites for hydroxylation is 2. The molecule has 2 heterocycles. The van der Waals surface area contributed by atoms with Gasteiger partial charge in [-0.1, -0.05) is 12.1 Å². The summed E-state index contributed by atoms with van der Waals surface area (Å²) in [6.07, 6.45) is 14.8. The Hall–Kier alpha value is -1.71. The summed E-state index contributed by atoms with van der Waals surface area (Å²) in [5.74, 6) is 1.41. The SMILES string of the molecule is CC(C)(C)[C@@H](/C=C/[C@@H]1[C@H]2CC(=O)O[C@H]2C[C@H]1PPB=O)CCc1ccccc1.C[Si](C)=O.O=BPP[C@@H]1C[C@@H]2OC(=O)C[C@@H]2[C@H]1/C=C/[C@H](O)CCc1ccccc1. The monoisotopic (exact) mass is 866 g/mol. The van der Waals surface area contributed by atoms with E-state index in [0.29, 0.717) is 81.2 Å². The molecule has 2 saturated carbocycles. The molecule has 15 heteroatoms. The number of benzene rings is 2. The summed E-state index contributed by atoms with van der Waals surface area (Å²) in [7, 11) is 0.808. The number of carbonyl (C=O) groups excluding carboxylic acids is 2. The van der Waals surface area contributed by atoms with Gasteiger partial charge in [0, 0.05) is 0 Å². The van der Waals surface area contributed by atoms with E-state index in [2.05, 4.69) is 81.5 Å². The van der Waals surface area contributed by atoms with Crippen molar-refractivity contribution in [3.8, 4) is 0 Å². The first-order chi connectivity index (χ1) is 27.3. The van der Waals surface area contributed by atoms with Crippen LogP contribution >= 0.6 is 32.8 Å². The van der Waals surface area contributed by atoms with Gasteiger partial charge in [0.2, 0.25) is 0 Å². The molecule has 0 bridgehead atoms.